The van der Waals surface area contributed by atoms with Crippen LogP contribution in [-0.2, 0) is 0 Å². The molecule has 0 radical (unpaired) electrons. The second kappa shape index (κ2) is 4.65. The summed E-state index contributed by atoms with van der Waals surface area (Å²) in [6.45, 7) is 4.18. The van der Waals surface area contributed by atoms with Crippen LogP contribution < -0.4 is 10.5 Å². The Morgan fingerprint density at radius 2 is 2.14 bits per heavy atom. The Hall–Kier alpha value is -1.51. The van der Waals surface area contributed by atoms with Crippen molar-refractivity contribution in [3.05, 3.63) is 29.8 Å². The highest BCUT2D eigenvalue weighted by atomic mass is 16.5. The molecule has 0 saturated heterocycles. The molecule has 0 fully saturated rings. The number of primary amides is 1. The molecule has 0 bridgehead atoms. The maximum absolute atomic E-state index is 10.6. The lowest BCUT2D eigenvalue weighted by Crippen LogP contribution is -2.17. The summed E-state index contributed by atoms with van der Waals surface area (Å²) in [6.07, 6.45) is 0.236. The molecule has 0 heterocycles. The summed E-state index contributed by atoms with van der Waals surface area (Å²) in [4.78, 5) is 10.6. The van der Waals surface area contributed by atoms with Gasteiger partial charge in [0, 0.05) is 0 Å². The van der Waals surface area contributed by atoms with Gasteiger partial charge in [0.1, 0.15) is 5.75 Å². The maximum Gasteiger partial charge on any atom is 0.409 e. The van der Waals surface area contributed by atoms with Gasteiger partial charge in [-0.05, 0) is 24.0 Å². The summed E-state index contributed by atoms with van der Waals surface area (Å²) in [7, 11) is 0. The molecule has 0 aliphatic rings. The first-order chi connectivity index (χ1) is 6.65. The van der Waals surface area contributed by atoms with E-state index in [-0.39, 0.29) is 0 Å². The molecule has 3 nitrogen and oxygen atoms in total. The SMILES string of the molecule is CCC(C)c1ccccc1OC(N)=O. The van der Waals surface area contributed by atoms with Crippen molar-refractivity contribution in [3.8, 4) is 5.75 Å². The quantitative estimate of drug-likeness (QED) is 0.802. The molecule has 0 aliphatic carbocycles. The zero-order valence-electron chi connectivity index (χ0n) is 8.49. The molecule has 1 amide bonds. The molecule has 2 N–H and O–H groups in total. The van der Waals surface area contributed by atoms with Gasteiger partial charge in [0.25, 0.3) is 0 Å². The molecule has 0 saturated carbocycles. The van der Waals surface area contributed by atoms with E-state index in [1.807, 2.05) is 18.2 Å². The van der Waals surface area contributed by atoms with Crippen LogP contribution in [0.3, 0.4) is 0 Å². The van der Waals surface area contributed by atoms with E-state index in [1.165, 1.54) is 0 Å². The fourth-order valence-corrected chi connectivity index (χ4v) is 1.31. The van der Waals surface area contributed by atoms with Crippen LogP contribution in [0.5, 0.6) is 5.75 Å². The smallest absolute Gasteiger partial charge is 0.409 e. The van der Waals surface area contributed by atoms with Crippen molar-refractivity contribution in [2.24, 2.45) is 5.73 Å². The highest BCUT2D eigenvalue weighted by Gasteiger charge is 2.10. The number of benzene rings is 1. The van der Waals surface area contributed by atoms with Crippen LogP contribution >= 0.6 is 0 Å². The largest absolute Gasteiger partial charge is 0.410 e. The standard InChI is InChI=1S/C11H15NO2/c1-3-8(2)9-6-4-5-7-10(9)14-11(12)13/h4-8H,3H2,1-2H3,(H2,12,13). The number of nitrogens with two attached hydrogens (primary N) is 1. The summed E-state index contributed by atoms with van der Waals surface area (Å²) in [5.74, 6) is 0.930. The Morgan fingerprint density at radius 1 is 1.50 bits per heavy atom. The Bertz CT molecular complexity index is 323. The Labute approximate surface area is 83.9 Å². The Kier molecular flexibility index (Phi) is 3.51. The number of carbonyl (C=O) groups excluding carboxylic acids is 1. The predicted octanol–water partition coefficient (Wildman–Crippen LogP) is 2.66. The molecule has 0 aromatic heterocycles. The summed E-state index contributed by atoms with van der Waals surface area (Å²) in [6, 6.07) is 7.46. The van der Waals surface area contributed by atoms with Crippen molar-refractivity contribution >= 4 is 6.09 Å². The molecule has 1 rings (SSSR count). The molecule has 1 aromatic rings. The Morgan fingerprint density at radius 3 is 2.71 bits per heavy atom. The number of rotatable bonds is 3. The molecule has 1 unspecified atom stereocenters. The highest BCUT2D eigenvalue weighted by molar-refractivity contribution is 5.68. The first-order valence-electron chi connectivity index (χ1n) is 4.71. The normalized spacial score (nSPS) is 12.1. The van der Waals surface area contributed by atoms with E-state index in [9.17, 15) is 4.79 Å². The van der Waals surface area contributed by atoms with Crippen molar-refractivity contribution < 1.29 is 9.53 Å². The molecule has 14 heavy (non-hydrogen) atoms. The van der Waals surface area contributed by atoms with Gasteiger partial charge < -0.3 is 10.5 Å². The molecular weight excluding hydrogens is 178 g/mol. The first-order valence-corrected chi connectivity index (χ1v) is 4.71. The molecule has 3 heteroatoms. The first kappa shape index (κ1) is 10.6. The zero-order valence-corrected chi connectivity index (χ0v) is 8.49. The van der Waals surface area contributed by atoms with Gasteiger partial charge in [-0.2, -0.15) is 0 Å². The molecular formula is C11H15NO2. The maximum atomic E-state index is 10.6. The van der Waals surface area contributed by atoms with Gasteiger partial charge in [-0.15, -0.1) is 0 Å². The monoisotopic (exact) mass is 193 g/mol. The van der Waals surface area contributed by atoms with Crippen molar-refractivity contribution in [2.45, 2.75) is 26.2 Å². The van der Waals surface area contributed by atoms with Gasteiger partial charge in [-0.3, -0.25) is 0 Å². The summed E-state index contributed by atoms with van der Waals surface area (Å²) >= 11 is 0. The summed E-state index contributed by atoms with van der Waals surface area (Å²) in [5, 5.41) is 0. The Balaban J connectivity index is 2.96. The molecule has 76 valence electrons. The van der Waals surface area contributed by atoms with Crippen LogP contribution in [0.15, 0.2) is 24.3 Å². The highest BCUT2D eigenvalue weighted by Crippen LogP contribution is 2.28. The van der Waals surface area contributed by atoms with E-state index >= 15 is 0 Å². The van der Waals surface area contributed by atoms with E-state index in [4.69, 9.17) is 10.5 Å². The predicted molar refractivity (Wildman–Crippen MR) is 55.4 cm³/mol. The molecule has 1 aromatic carbocycles. The van der Waals surface area contributed by atoms with Gasteiger partial charge in [-0.25, -0.2) is 4.79 Å². The minimum atomic E-state index is -0.763. The summed E-state index contributed by atoms with van der Waals surface area (Å²) < 4.78 is 4.91. The van der Waals surface area contributed by atoms with Crippen LogP contribution in [0.4, 0.5) is 4.79 Å². The average Bonchev–Trinajstić information content (AvgIpc) is 2.16. The summed E-state index contributed by atoms with van der Waals surface area (Å²) in [5.41, 5.74) is 6.00. The third kappa shape index (κ3) is 2.49. The second-order valence-electron chi connectivity index (χ2n) is 3.27. The van der Waals surface area contributed by atoms with E-state index in [0.29, 0.717) is 11.7 Å². The van der Waals surface area contributed by atoms with Crippen LogP contribution in [0.25, 0.3) is 0 Å². The van der Waals surface area contributed by atoms with Gasteiger partial charge >= 0.3 is 6.09 Å². The van der Waals surface area contributed by atoms with Crippen LogP contribution in [0, 0.1) is 0 Å². The van der Waals surface area contributed by atoms with E-state index in [0.717, 1.165) is 12.0 Å². The lowest BCUT2D eigenvalue weighted by atomic mass is 9.98. The molecule has 1 atom stereocenters. The third-order valence-electron chi connectivity index (χ3n) is 2.27. The lowest BCUT2D eigenvalue weighted by Gasteiger charge is -2.13. The number of hydrogen-bond acceptors (Lipinski definition) is 2. The minimum absolute atomic E-state index is 0.366. The van der Waals surface area contributed by atoms with Crippen molar-refractivity contribution in [1.82, 2.24) is 0 Å². The van der Waals surface area contributed by atoms with Gasteiger partial charge in [0.05, 0.1) is 0 Å². The molecule has 0 spiro atoms. The van der Waals surface area contributed by atoms with Gasteiger partial charge in [0.2, 0.25) is 0 Å². The van der Waals surface area contributed by atoms with Crippen LogP contribution in [0.2, 0.25) is 0 Å². The fraction of sp³-hybridized carbons (Fsp3) is 0.364. The zero-order chi connectivity index (χ0) is 10.6. The van der Waals surface area contributed by atoms with E-state index in [1.54, 1.807) is 6.07 Å². The number of ether oxygens (including phenoxy) is 1. The fourth-order valence-electron chi connectivity index (χ4n) is 1.31. The van der Waals surface area contributed by atoms with Gasteiger partial charge in [0.15, 0.2) is 0 Å². The van der Waals surface area contributed by atoms with Crippen molar-refractivity contribution in [3.63, 3.8) is 0 Å². The number of amides is 1. The number of para-hydroxylation sites is 1. The number of carbonyl (C=O) groups is 1. The van der Waals surface area contributed by atoms with Gasteiger partial charge in [-0.1, -0.05) is 32.0 Å². The van der Waals surface area contributed by atoms with E-state index in [2.05, 4.69) is 13.8 Å². The lowest BCUT2D eigenvalue weighted by molar-refractivity contribution is 0.210. The van der Waals surface area contributed by atoms with Crippen LogP contribution in [-0.4, -0.2) is 6.09 Å². The second-order valence-corrected chi connectivity index (χ2v) is 3.27. The number of hydrogen-bond donors (Lipinski definition) is 1. The van der Waals surface area contributed by atoms with Crippen molar-refractivity contribution in [1.29, 1.82) is 0 Å². The minimum Gasteiger partial charge on any atom is -0.410 e. The average molecular weight is 193 g/mol. The third-order valence-corrected chi connectivity index (χ3v) is 2.27. The van der Waals surface area contributed by atoms with Crippen LogP contribution in [0.1, 0.15) is 31.7 Å². The van der Waals surface area contributed by atoms with Crippen molar-refractivity contribution in [2.75, 3.05) is 0 Å². The molecule has 0 aliphatic heterocycles. The topological polar surface area (TPSA) is 52.3 Å². The van der Waals surface area contributed by atoms with E-state index < -0.39 is 6.09 Å².